The van der Waals surface area contributed by atoms with Gasteiger partial charge in [-0.15, -0.1) is 11.3 Å². The number of carbonyl (C=O) groups is 1. The highest BCUT2D eigenvalue weighted by molar-refractivity contribution is 7.21. The van der Waals surface area contributed by atoms with E-state index < -0.39 is 0 Å². The Bertz CT molecular complexity index is 973. The summed E-state index contributed by atoms with van der Waals surface area (Å²) in [5.74, 6) is 0.220. The van der Waals surface area contributed by atoms with Crippen molar-refractivity contribution >= 4 is 27.3 Å². The number of thiophene rings is 1. The molecule has 146 valence electrons. The normalized spacial score (nSPS) is 19.5. The Hall–Kier alpha value is -2.44. The molecule has 4 nitrogen and oxygen atoms in total. The molecule has 0 spiro atoms. The Morgan fingerprint density at radius 2 is 2.07 bits per heavy atom. The van der Waals surface area contributed by atoms with Crippen LogP contribution in [0.3, 0.4) is 0 Å². The number of hydrogen-bond acceptors (Lipinski definition) is 4. The highest BCUT2D eigenvalue weighted by Crippen LogP contribution is 2.34. The first kappa shape index (κ1) is 18.9. The SMILES string of the molecule is CC1CC(NC(=O)c2sc3cccc(F)c3c2COc2ccccc2)CCN1. The summed E-state index contributed by atoms with van der Waals surface area (Å²) in [6.45, 7) is 3.15. The third-order valence-corrected chi connectivity index (χ3v) is 6.25. The first-order chi connectivity index (χ1) is 13.6. The van der Waals surface area contributed by atoms with E-state index in [1.165, 1.54) is 17.4 Å². The van der Waals surface area contributed by atoms with Crippen LogP contribution in [0.15, 0.2) is 48.5 Å². The third-order valence-electron chi connectivity index (χ3n) is 5.05. The monoisotopic (exact) mass is 398 g/mol. The van der Waals surface area contributed by atoms with Gasteiger partial charge in [-0.05, 0) is 50.6 Å². The van der Waals surface area contributed by atoms with Crippen LogP contribution in [0.4, 0.5) is 4.39 Å². The van der Waals surface area contributed by atoms with Crippen molar-refractivity contribution in [2.24, 2.45) is 0 Å². The van der Waals surface area contributed by atoms with E-state index in [1.54, 1.807) is 6.07 Å². The maximum absolute atomic E-state index is 14.6. The molecule has 2 aromatic carbocycles. The summed E-state index contributed by atoms with van der Waals surface area (Å²) in [5, 5.41) is 7.00. The molecule has 1 saturated heterocycles. The summed E-state index contributed by atoms with van der Waals surface area (Å²) in [6, 6.07) is 14.8. The van der Waals surface area contributed by atoms with Crippen LogP contribution >= 0.6 is 11.3 Å². The number of benzene rings is 2. The fourth-order valence-electron chi connectivity index (χ4n) is 3.67. The van der Waals surface area contributed by atoms with E-state index in [1.807, 2.05) is 36.4 Å². The molecule has 2 heterocycles. The average Bonchev–Trinajstić information content (AvgIpc) is 3.07. The van der Waals surface area contributed by atoms with Crippen molar-refractivity contribution in [1.82, 2.24) is 10.6 Å². The van der Waals surface area contributed by atoms with Crippen LogP contribution in [-0.2, 0) is 6.61 Å². The number of halogens is 1. The second kappa shape index (κ2) is 8.29. The standard InChI is InChI=1S/C22H23FN2O2S/c1-14-12-15(10-11-24-14)25-22(26)21-17(13-27-16-6-3-2-4-7-16)20-18(23)8-5-9-19(20)28-21/h2-9,14-15,24H,10-13H2,1H3,(H,25,26). The van der Waals surface area contributed by atoms with Crippen molar-refractivity contribution in [2.45, 2.75) is 38.5 Å². The van der Waals surface area contributed by atoms with Crippen LogP contribution in [-0.4, -0.2) is 24.5 Å². The molecule has 1 aliphatic rings. The summed E-state index contributed by atoms with van der Waals surface area (Å²) in [5.41, 5.74) is 0.612. The number of amides is 1. The molecular formula is C22H23FN2O2S. The molecule has 0 aliphatic carbocycles. The molecule has 6 heteroatoms. The predicted molar refractivity (Wildman–Crippen MR) is 111 cm³/mol. The summed E-state index contributed by atoms with van der Waals surface area (Å²) in [6.07, 6.45) is 1.78. The molecule has 2 N–H and O–H groups in total. The largest absolute Gasteiger partial charge is 0.489 e. The molecular weight excluding hydrogens is 375 g/mol. The van der Waals surface area contributed by atoms with Crippen molar-refractivity contribution < 1.29 is 13.9 Å². The van der Waals surface area contributed by atoms with Crippen LogP contribution in [0.2, 0.25) is 0 Å². The maximum atomic E-state index is 14.6. The summed E-state index contributed by atoms with van der Waals surface area (Å²) >= 11 is 1.32. The third kappa shape index (κ3) is 4.03. The van der Waals surface area contributed by atoms with E-state index in [0.29, 0.717) is 27.6 Å². The van der Waals surface area contributed by atoms with Crippen LogP contribution in [0.25, 0.3) is 10.1 Å². The lowest BCUT2D eigenvalue weighted by atomic mass is 10.0. The number of ether oxygens (including phenoxy) is 1. The number of fused-ring (bicyclic) bond motifs is 1. The maximum Gasteiger partial charge on any atom is 0.262 e. The number of rotatable bonds is 5. The zero-order valence-corrected chi connectivity index (χ0v) is 16.5. The van der Waals surface area contributed by atoms with E-state index in [-0.39, 0.29) is 24.4 Å². The molecule has 3 aromatic rings. The topological polar surface area (TPSA) is 50.4 Å². The zero-order valence-electron chi connectivity index (χ0n) is 15.7. The molecule has 0 bridgehead atoms. The van der Waals surface area contributed by atoms with Crippen molar-refractivity contribution in [1.29, 1.82) is 0 Å². The molecule has 1 aromatic heterocycles. The number of para-hydroxylation sites is 1. The fraction of sp³-hybridized carbons (Fsp3) is 0.318. The lowest BCUT2D eigenvalue weighted by Gasteiger charge is -2.28. The Balaban J connectivity index is 1.63. The minimum Gasteiger partial charge on any atom is -0.489 e. The van der Waals surface area contributed by atoms with Gasteiger partial charge in [0.1, 0.15) is 18.2 Å². The summed E-state index contributed by atoms with van der Waals surface area (Å²) in [4.78, 5) is 13.6. The Labute approximate surface area is 167 Å². The highest BCUT2D eigenvalue weighted by atomic mass is 32.1. The van der Waals surface area contributed by atoms with Gasteiger partial charge in [-0.25, -0.2) is 4.39 Å². The zero-order chi connectivity index (χ0) is 19.5. The second-order valence-electron chi connectivity index (χ2n) is 7.17. The first-order valence-corrected chi connectivity index (χ1v) is 10.4. The molecule has 0 radical (unpaired) electrons. The van der Waals surface area contributed by atoms with E-state index >= 15 is 0 Å². The van der Waals surface area contributed by atoms with Crippen molar-refractivity contribution in [2.75, 3.05) is 6.54 Å². The molecule has 1 aliphatic heterocycles. The van der Waals surface area contributed by atoms with Gasteiger partial charge in [0.2, 0.25) is 0 Å². The van der Waals surface area contributed by atoms with Gasteiger partial charge < -0.3 is 15.4 Å². The van der Waals surface area contributed by atoms with Crippen molar-refractivity contribution in [3.05, 3.63) is 64.8 Å². The minimum absolute atomic E-state index is 0.127. The van der Waals surface area contributed by atoms with Gasteiger partial charge in [0.05, 0.1) is 4.88 Å². The fourth-order valence-corrected chi connectivity index (χ4v) is 4.80. The van der Waals surface area contributed by atoms with Crippen LogP contribution < -0.4 is 15.4 Å². The van der Waals surface area contributed by atoms with Gasteiger partial charge >= 0.3 is 0 Å². The molecule has 2 unspecified atom stereocenters. The number of hydrogen-bond donors (Lipinski definition) is 2. The summed E-state index contributed by atoms with van der Waals surface area (Å²) in [7, 11) is 0. The lowest BCUT2D eigenvalue weighted by Crippen LogP contribution is -2.46. The van der Waals surface area contributed by atoms with Crippen LogP contribution in [0.1, 0.15) is 35.0 Å². The van der Waals surface area contributed by atoms with Gasteiger partial charge in [0, 0.05) is 27.7 Å². The number of piperidine rings is 1. The van der Waals surface area contributed by atoms with Gasteiger partial charge in [-0.1, -0.05) is 24.3 Å². The van der Waals surface area contributed by atoms with E-state index in [0.717, 1.165) is 24.1 Å². The van der Waals surface area contributed by atoms with E-state index in [9.17, 15) is 9.18 Å². The van der Waals surface area contributed by atoms with Crippen LogP contribution in [0, 0.1) is 5.82 Å². The highest BCUT2D eigenvalue weighted by Gasteiger charge is 2.25. The number of nitrogens with one attached hydrogen (secondary N) is 2. The number of carbonyl (C=O) groups excluding carboxylic acids is 1. The Kier molecular flexibility index (Phi) is 5.59. The van der Waals surface area contributed by atoms with Gasteiger partial charge in [-0.2, -0.15) is 0 Å². The van der Waals surface area contributed by atoms with Gasteiger partial charge in [0.25, 0.3) is 5.91 Å². The average molecular weight is 399 g/mol. The van der Waals surface area contributed by atoms with E-state index in [2.05, 4.69) is 17.6 Å². The smallest absolute Gasteiger partial charge is 0.262 e. The molecule has 1 fully saturated rings. The quantitative estimate of drug-likeness (QED) is 0.666. The molecule has 4 rings (SSSR count). The van der Waals surface area contributed by atoms with Crippen molar-refractivity contribution in [3.8, 4) is 5.75 Å². The minimum atomic E-state index is -0.324. The molecule has 28 heavy (non-hydrogen) atoms. The van der Waals surface area contributed by atoms with Gasteiger partial charge in [0.15, 0.2) is 0 Å². The van der Waals surface area contributed by atoms with Crippen molar-refractivity contribution in [3.63, 3.8) is 0 Å². The molecule has 2 atom stereocenters. The lowest BCUT2D eigenvalue weighted by molar-refractivity contribution is 0.0927. The van der Waals surface area contributed by atoms with E-state index in [4.69, 9.17) is 4.74 Å². The molecule has 0 saturated carbocycles. The predicted octanol–water partition coefficient (Wildman–Crippen LogP) is 4.49. The Morgan fingerprint density at radius 3 is 2.86 bits per heavy atom. The molecule has 1 amide bonds. The van der Waals surface area contributed by atoms with Crippen LogP contribution in [0.5, 0.6) is 5.75 Å². The van der Waals surface area contributed by atoms with Gasteiger partial charge in [-0.3, -0.25) is 4.79 Å². The summed E-state index contributed by atoms with van der Waals surface area (Å²) < 4.78 is 21.2. The first-order valence-electron chi connectivity index (χ1n) is 9.54. The second-order valence-corrected chi connectivity index (χ2v) is 8.23. The Morgan fingerprint density at radius 1 is 1.25 bits per heavy atom.